The molecule has 0 aliphatic carbocycles. The maximum Gasteiger partial charge on any atom is 0.274 e. The van der Waals surface area contributed by atoms with Crippen LogP contribution in [0.15, 0.2) is 21.6 Å². The summed E-state index contributed by atoms with van der Waals surface area (Å²) < 4.78 is 32.6. The Morgan fingerprint density at radius 2 is 1.85 bits per heavy atom. The Kier molecular flexibility index (Phi) is 6.71. The summed E-state index contributed by atoms with van der Waals surface area (Å²) in [5.41, 5.74) is 0. The van der Waals surface area contributed by atoms with Crippen LogP contribution in [0.3, 0.4) is 0 Å². The topological polar surface area (TPSA) is 71.3 Å². The molecule has 1 rings (SSSR count). The quantitative estimate of drug-likeness (QED) is 0.735. The summed E-state index contributed by atoms with van der Waals surface area (Å²) in [7, 11) is -3.57. The molecule has 20 heavy (non-hydrogen) atoms. The van der Waals surface area contributed by atoms with E-state index in [2.05, 4.69) is 23.9 Å². The molecule has 0 aromatic carbocycles. The van der Waals surface area contributed by atoms with Crippen LogP contribution in [0.25, 0.3) is 0 Å². The molecule has 1 unspecified atom stereocenters. The normalized spacial score (nSPS) is 13.8. The summed E-state index contributed by atoms with van der Waals surface area (Å²) in [6.07, 6.45) is 1.90. The molecule has 0 amide bonds. The van der Waals surface area contributed by atoms with Crippen molar-refractivity contribution in [1.29, 1.82) is 0 Å². The van der Waals surface area contributed by atoms with Crippen molar-refractivity contribution in [2.75, 3.05) is 6.54 Å². The standard InChI is InChI=1S/C14H26N2O3S/c1-5-12(6-2)11(4)16-20(17,18)14-9-8-13(19-14)10-15-7-3/h8-9,11-12,15-16H,5-7,10H2,1-4H3. The predicted molar refractivity (Wildman–Crippen MR) is 79.9 cm³/mol. The molecule has 0 saturated carbocycles. The monoisotopic (exact) mass is 302 g/mol. The number of sulfonamides is 1. The van der Waals surface area contributed by atoms with E-state index in [1.54, 1.807) is 6.07 Å². The Morgan fingerprint density at radius 1 is 1.20 bits per heavy atom. The van der Waals surface area contributed by atoms with Crippen LogP contribution in [0.4, 0.5) is 0 Å². The molecule has 2 N–H and O–H groups in total. The molecule has 1 aromatic heterocycles. The Balaban J connectivity index is 2.75. The van der Waals surface area contributed by atoms with Crippen LogP contribution in [0.1, 0.15) is 46.3 Å². The molecule has 116 valence electrons. The van der Waals surface area contributed by atoms with E-state index in [9.17, 15) is 8.42 Å². The molecule has 0 aliphatic heterocycles. The van der Waals surface area contributed by atoms with Crippen LogP contribution in [-0.4, -0.2) is 21.0 Å². The molecule has 6 heteroatoms. The zero-order valence-electron chi connectivity index (χ0n) is 12.8. The minimum Gasteiger partial charge on any atom is -0.447 e. The van der Waals surface area contributed by atoms with Gasteiger partial charge in [-0.2, -0.15) is 0 Å². The Hall–Kier alpha value is -0.850. The predicted octanol–water partition coefficient (Wildman–Crippen LogP) is 2.49. The van der Waals surface area contributed by atoms with Gasteiger partial charge in [0, 0.05) is 6.04 Å². The number of nitrogens with one attached hydrogen (secondary N) is 2. The van der Waals surface area contributed by atoms with E-state index in [0.29, 0.717) is 18.2 Å². The SMILES string of the molecule is CCNCc1ccc(S(=O)(=O)NC(C)C(CC)CC)o1. The Bertz CT molecular complexity index is 492. The van der Waals surface area contributed by atoms with Crippen LogP contribution in [-0.2, 0) is 16.6 Å². The van der Waals surface area contributed by atoms with Crippen molar-refractivity contribution in [3.63, 3.8) is 0 Å². The van der Waals surface area contributed by atoms with E-state index >= 15 is 0 Å². The summed E-state index contributed by atoms with van der Waals surface area (Å²) in [6.45, 7) is 9.37. The largest absolute Gasteiger partial charge is 0.447 e. The first kappa shape index (κ1) is 17.2. The molecule has 1 aromatic rings. The summed E-state index contributed by atoms with van der Waals surface area (Å²) in [5, 5.41) is 3.09. The third-order valence-corrected chi connectivity index (χ3v) is 4.98. The zero-order valence-corrected chi connectivity index (χ0v) is 13.6. The van der Waals surface area contributed by atoms with Crippen LogP contribution >= 0.6 is 0 Å². The lowest BCUT2D eigenvalue weighted by atomic mass is 9.96. The van der Waals surface area contributed by atoms with E-state index in [4.69, 9.17) is 4.42 Å². The molecule has 1 heterocycles. The number of hydrogen-bond donors (Lipinski definition) is 2. The first-order chi connectivity index (χ1) is 9.44. The highest BCUT2D eigenvalue weighted by Crippen LogP contribution is 2.18. The minimum absolute atomic E-state index is 0.0109. The average molecular weight is 302 g/mol. The van der Waals surface area contributed by atoms with Gasteiger partial charge in [0.2, 0.25) is 5.09 Å². The lowest BCUT2D eigenvalue weighted by Gasteiger charge is -2.21. The fourth-order valence-electron chi connectivity index (χ4n) is 2.24. The summed E-state index contributed by atoms with van der Waals surface area (Å²) in [4.78, 5) is 0. The molecule has 0 saturated heterocycles. The van der Waals surface area contributed by atoms with E-state index in [1.807, 2.05) is 13.8 Å². The van der Waals surface area contributed by atoms with E-state index < -0.39 is 10.0 Å². The van der Waals surface area contributed by atoms with Gasteiger partial charge >= 0.3 is 0 Å². The van der Waals surface area contributed by atoms with E-state index in [-0.39, 0.29) is 11.1 Å². The Labute approximate surface area is 122 Å². The number of furan rings is 1. The van der Waals surface area contributed by atoms with Crippen molar-refractivity contribution in [3.8, 4) is 0 Å². The second kappa shape index (κ2) is 7.81. The van der Waals surface area contributed by atoms with Crippen molar-refractivity contribution in [3.05, 3.63) is 17.9 Å². The number of hydrogen-bond acceptors (Lipinski definition) is 4. The van der Waals surface area contributed by atoms with Crippen molar-refractivity contribution in [1.82, 2.24) is 10.0 Å². The van der Waals surface area contributed by atoms with Gasteiger partial charge < -0.3 is 9.73 Å². The fourth-order valence-corrected chi connectivity index (χ4v) is 3.50. The van der Waals surface area contributed by atoms with Crippen LogP contribution < -0.4 is 10.0 Å². The smallest absolute Gasteiger partial charge is 0.274 e. The highest BCUT2D eigenvalue weighted by molar-refractivity contribution is 7.89. The van der Waals surface area contributed by atoms with Crippen LogP contribution in [0, 0.1) is 5.92 Å². The van der Waals surface area contributed by atoms with Gasteiger partial charge in [0.05, 0.1) is 6.54 Å². The van der Waals surface area contributed by atoms with Crippen molar-refractivity contribution >= 4 is 10.0 Å². The lowest BCUT2D eigenvalue weighted by Crippen LogP contribution is -2.37. The van der Waals surface area contributed by atoms with Crippen molar-refractivity contribution in [2.45, 2.75) is 58.2 Å². The van der Waals surface area contributed by atoms with Crippen LogP contribution in [0.5, 0.6) is 0 Å². The van der Waals surface area contributed by atoms with Crippen molar-refractivity contribution < 1.29 is 12.8 Å². The fraction of sp³-hybridized carbons (Fsp3) is 0.714. The maximum absolute atomic E-state index is 12.2. The summed E-state index contributed by atoms with van der Waals surface area (Å²) in [5.74, 6) is 0.961. The molecule has 0 aliphatic rings. The number of rotatable bonds is 9. The molecule has 0 radical (unpaired) electrons. The Morgan fingerprint density at radius 3 is 2.40 bits per heavy atom. The molecule has 0 fully saturated rings. The maximum atomic E-state index is 12.2. The molecule has 0 spiro atoms. The van der Waals surface area contributed by atoms with Gasteiger partial charge in [0.15, 0.2) is 0 Å². The molecular formula is C14H26N2O3S. The highest BCUT2D eigenvalue weighted by Gasteiger charge is 2.24. The molecule has 0 bridgehead atoms. The third-order valence-electron chi connectivity index (χ3n) is 3.55. The van der Waals surface area contributed by atoms with Gasteiger partial charge in [-0.1, -0.05) is 33.6 Å². The first-order valence-electron chi connectivity index (χ1n) is 7.26. The highest BCUT2D eigenvalue weighted by atomic mass is 32.2. The third kappa shape index (κ3) is 4.61. The van der Waals surface area contributed by atoms with E-state index in [1.165, 1.54) is 6.07 Å². The van der Waals surface area contributed by atoms with Gasteiger partial charge in [-0.25, -0.2) is 13.1 Å². The van der Waals surface area contributed by atoms with Gasteiger partial charge in [-0.15, -0.1) is 0 Å². The minimum atomic E-state index is -3.57. The summed E-state index contributed by atoms with van der Waals surface area (Å²) in [6, 6.07) is 3.10. The second-order valence-electron chi connectivity index (χ2n) is 4.99. The van der Waals surface area contributed by atoms with Crippen LogP contribution in [0.2, 0.25) is 0 Å². The molecule has 5 nitrogen and oxygen atoms in total. The first-order valence-corrected chi connectivity index (χ1v) is 8.74. The lowest BCUT2D eigenvalue weighted by molar-refractivity contribution is 0.374. The zero-order chi connectivity index (χ0) is 15.2. The molecule has 1 atom stereocenters. The van der Waals surface area contributed by atoms with E-state index in [0.717, 1.165) is 19.4 Å². The molecular weight excluding hydrogens is 276 g/mol. The van der Waals surface area contributed by atoms with Gasteiger partial charge in [0.25, 0.3) is 10.0 Å². The van der Waals surface area contributed by atoms with Gasteiger partial charge in [-0.3, -0.25) is 0 Å². The van der Waals surface area contributed by atoms with Crippen molar-refractivity contribution in [2.24, 2.45) is 5.92 Å². The van der Waals surface area contributed by atoms with Gasteiger partial charge in [0.1, 0.15) is 5.76 Å². The second-order valence-corrected chi connectivity index (χ2v) is 6.63. The average Bonchev–Trinajstić information content (AvgIpc) is 2.86. The van der Waals surface area contributed by atoms with Gasteiger partial charge in [-0.05, 0) is 31.5 Å². The summed E-state index contributed by atoms with van der Waals surface area (Å²) >= 11 is 0.